The first kappa shape index (κ1) is 16.2. The number of para-hydroxylation sites is 1. The molecule has 0 amide bonds. The average molecular weight is 381 g/mol. The van der Waals surface area contributed by atoms with Crippen LogP contribution in [-0.2, 0) is 5.60 Å². The maximum Gasteiger partial charge on any atom is 0.174 e. The Morgan fingerprint density at radius 2 is 1.46 bits per heavy atom. The highest BCUT2D eigenvalue weighted by molar-refractivity contribution is 6.52. The maximum atomic E-state index is 6.91. The van der Waals surface area contributed by atoms with E-state index in [1.165, 1.54) is 11.1 Å². The van der Waals surface area contributed by atoms with Gasteiger partial charge in [0.25, 0.3) is 0 Å². The summed E-state index contributed by atoms with van der Waals surface area (Å²) in [5, 5.41) is 0. The van der Waals surface area contributed by atoms with Gasteiger partial charge in [-0.2, -0.15) is 0 Å². The topological polar surface area (TPSA) is 9.23 Å². The lowest BCUT2D eigenvalue weighted by Crippen LogP contribution is -2.28. The molecule has 130 valence electrons. The van der Waals surface area contributed by atoms with Gasteiger partial charge in [0.05, 0.1) is 5.92 Å². The van der Waals surface area contributed by atoms with E-state index < -0.39 is 9.93 Å². The van der Waals surface area contributed by atoms with E-state index in [-0.39, 0.29) is 11.8 Å². The van der Waals surface area contributed by atoms with Crippen LogP contribution in [-0.4, -0.2) is 4.33 Å². The van der Waals surface area contributed by atoms with Gasteiger partial charge >= 0.3 is 0 Å². The predicted molar refractivity (Wildman–Crippen MR) is 106 cm³/mol. The normalized spacial score (nSPS) is 27.8. The molecule has 0 radical (unpaired) electrons. The maximum absolute atomic E-state index is 6.91. The lowest BCUT2D eigenvalue weighted by atomic mass is 9.82. The number of ether oxygens (including phenoxy) is 1. The second-order valence-electron chi connectivity index (χ2n) is 7.23. The molecular weight excluding hydrogens is 363 g/mol. The van der Waals surface area contributed by atoms with E-state index in [1.54, 1.807) is 0 Å². The van der Waals surface area contributed by atoms with Crippen molar-refractivity contribution in [1.82, 2.24) is 0 Å². The van der Waals surface area contributed by atoms with E-state index >= 15 is 0 Å². The predicted octanol–water partition coefficient (Wildman–Crippen LogP) is 6.22. The Hall–Kier alpha value is -1.96. The quantitative estimate of drug-likeness (QED) is 0.479. The van der Waals surface area contributed by atoms with Crippen molar-refractivity contribution in [2.75, 3.05) is 0 Å². The molecule has 5 rings (SSSR count). The summed E-state index contributed by atoms with van der Waals surface area (Å²) in [5.74, 6) is 0.912. The van der Waals surface area contributed by atoms with E-state index in [2.05, 4.69) is 49.4 Å². The second-order valence-corrected chi connectivity index (χ2v) is 8.62. The fourth-order valence-electron chi connectivity index (χ4n) is 4.43. The molecule has 1 aliphatic carbocycles. The van der Waals surface area contributed by atoms with Gasteiger partial charge in [0.1, 0.15) is 5.75 Å². The van der Waals surface area contributed by atoms with Crippen molar-refractivity contribution in [2.45, 2.75) is 22.8 Å². The van der Waals surface area contributed by atoms with Crippen molar-refractivity contribution in [3.63, 3.8) is 0 Å². The number of benzene rings is 3. The van der Waals surface area contributed by atoms with Crippen LogP contribution in [0.3, 0.4) is 0 Å². The van der Waals surface area contributed by atoms with E-state index in [9.17, 15) is 0 Å². The first-order valence-electron chi connectivity index (χ1n) is 8.83. The fourth-order valence-corrected chi connectivity index (χ4v) is 5.41. The Balaban J connectivity index is 1.73. The Morgan fingerprint density at radius 1 is 0.808 bits per heavy atom. The number of hydrogen-bond acceptors (Lipinski definition) is 1. The monoisotopic (exact) mass is 380 g/mol. The molecule has 0 bridgehead atoms. The lowest BCUT2D eigenvalue weighted by Gasteiger charge is -2.31. The second kappa shape index (κ2) is 5.52. The van der Waals surface area contributed by atoms with Gasteiger partial charge in [0.15, 0.2) is 9.93 Å². The summed E-state index contributed by atoms with van der Waals surface area (Å²) in [6, 6.07) is 26.9. The Bertz CT molecular complexity index is 965. The number of aryl methyl sites for hydroxylation is 1. The third-order valence-electron chi connectivity index (χ3n) is 5.74. The van der Waals surface area contributed by atoms with Crippen molar-refractivity contribution in [3.05, 3.63) is 101 Å². The highest BCUT2D eigenvalue weighted by Crippen LogP contribution is 2.77. The SMILES string of the molecule is Cc1ccc([C@H]2c3ccccc3O[C@]3(c4ccccc4)[C@@H]2C3(Cl)Cl)cc1. The van der Waals surface area contributed by atoms with Gasteiger partial charge in [-0.1, -0.05) is 102 Å². The van der Waals surface area contributed by atoms with Crippen LogP contribution in [0.15, 0.2) is 78.9 Å². The molecule has 1 saturated carbocycles. The minimum Gasteiger partial charge on any atom is -0.479 e. The molecule has 3 aromatic carbocycles. The third-order valence-corrected chi connectivity index (χ3v) is 6.77. The van der Waals surface area contributed by atoms with Crippen molar-refractivity contribution >= 4 is 23.2 Å². The molecule has 1 heterocycles. The number of halogens is 2. The standard InChI is InChI=1S/C23H18Cl2O/c1-15-11-13-16(14-12-15)20-18-9-5-6-10-19(18)26-22(21(20)23(22,24)25)17-7-3-2-4-8-17/h2-14,20-21H,1H3/t20-,21+,22+/m0/s1. The van der Waals surface area contributed by atoms with Crippen LogP contribution in [0.4, 0.5) is 0 Å². The Kier molecular flexibility index (Phi) is 3.44. The molecule has 3 heteroatoms. The third kappa shape index (κ3) is 2.05. The molecule has 0 unspecified atom stereocenters. The first-order chi connectivity index (χ1) is 12.6. The summed E-state index contributed by atoms with van der Waals surface area (Å²) in [7, 11) is 0. The summed E-state index contributed by atoms with van der Waals surface area (Å²) in [5.41, 5.74) is 3.92. The van der Waals surface area contributed by atoms with Gasteiger partial charge in [-0.15, -0.1) is 0 Å². The van der Waals surface area contributed by atoms with Crippen LogP contribution < -0.4 is 4.74 Å². The molecule has 0 N–H and O–H groups in total. The van der Waals surface area contributed by atoms with Crippen LogP contribution in [0.5, 0.6) is 5.75 Å². The van der Waals surface area contributed by atoms with Gasteiger partial charge in [-0.05, 0) is 24.1 Å². The van der Waals surface area contributed by atoms with Crippen molar-refractivity contribution < 1.29 is 4.74 Å². The summed E-state index contributed by atoms with van der Waals surface area (Å²) in [6.07, 6.45) is 0. The van der Waals surface area contributed by atoms with Gasteiger partial charge in [-0.3, -0.25) is 0 Å². The first-order valence-corrected chi connectivity index (χ1v) is 9.59. The van der Waals surface area contributed by atoms with E-state index in [0.29, 0.717) is 0 Å². The summed E-state index contributed by atoms with van der Waals surface area (Å²) in [6.45, 7) is 2.10. The minimum absolute atomic E-state index is 0.0432. The largest absolute Gasteiger partial charge is 0.479 e. The van der Waals surface area contributed by atoms with Gasteiger partial charge in [-0.25, -0.2) is 0 Å². The zero-order valence-electron chi connectivity index (χ0n) is 14.3. The van der Waals surface area contributed by atoms with Crippen molar-refractivity contribution in [2.24, 2.45) is 5.92 Å². The molecule has 3 atom stereocenters. The Labute approximate surface area is 163 Å². The number of hydrogen-bond donors (Lipinski definition) is 0. The number of rotatable bonds is 2. The lowest BCUT2D eigenvalue weighted by molar-refractivity contribution is 0.137. The average Bonchev–Trinajstić information content (AvgIpc) is 3.17. The highest BCUT2D eigenvalue weighted by atomic mass is 35.5. The van der Waals surface area contributed by atoms with Crippen LogP contribution in [0.2, 0.25) is 0 Å². The molecule has 1 fully saturated rings. The van der Waals surface area contributed by atoms with Crippen LogP contribution in [0.1, 0.15) is 28.2 Å². The number of fused-ring (bicyclic) bond motifs is 2. The summed E-state index contributed by atoms with van der Waals surface area (Å²) < 4.78 is 5.52. The van der Waals surface area contributed by atoms with Crippen LogP contribution >= 0.6 is 23.2 Å². The highest BCUT2D eigenvalue weighted by Gasteiger charge is 2.83. The zero-order valence-corrected chi connectivity index (χ0v) is 15.8. The molecule has 3 aromatic rings. The Morgan fingerprint density at radius 3 is 2.19 bits per heavy atom. The molecule has 0 spiro atoms. The molecule has 0 saturated heterocycles. The molecule has 1 aliphatic heterocycles. The minimum atomic E-state index is -0.983. The van der Waals surface area contributed by atoms with Gasteiger partial charge in [0, 0.05) is 11.5 Å². The molecule has 26 heavy (non-hydrogen) atoms. The molecular formula is C23H18Cl2O. The van der Waals surface area contributed by atoms with Crippen molar-refractivity contribution in [3.8, 4) is 5.75 Å². The molecule has 2 aliphatic rings. The molecule has 1 nitrogen and oxygen atoms in total. The van der Waals surface area contributed by atoms with E-state index in [0.717, 1.165) is 16.9 Å². The smallest absolute Gasteiger partial charge is 0.174 e. The van der Waals surface area contributed by atoms with Crippen LogP contribution in [0.25, 0.3) is 0 Å². The zero-order chi connectivity index (χ0) is 17.9. The van der Waals surface area contributed by atoms with Crippen molar-refractivity contribution in [1.29, 1.82) is 0 Å². The van der Waals surface area contributed by atoms with Gasteiger partial charge in [0.2, 0.25) is 0 Å². The summed E-state index contributed by atoms with van der Waals surface area (Å²) >= 11 is 13.8. The van der Waals surface area contributed by atoms with E-state index in [4.69, 9.17) is 27.9 Å². The number of alkyl halides is 2. The summed E-state index contributed by atoms with van der Waals surface area (Å²) in [4.78, 5) is 0. The molecule has 0 aromatic heterocycles. The fraction of sp³-hybridized carbons (Fsp3) is 0.217. The van der Waals surface area contributed by atoms with Crippen LogP contribution in [0, 0.1) is 12.8 Å². The van der Waals surface area contributed by atoms with Gasteiger partial charge < -0.3 is 4.74 Å². The van der Waals surface area contributed by atoms with E-state index in [1.807, 2.05) is 36.4 Å².